The highest BCUT2D eigenvalue weighted by Gasteiger charge is 2.29. The Morgan fingerprint density at radius 1 is 1.03 bits per heavy atom. The van der Waals surface area contributed by atoms with Crippen LogP contribution in [0.2, 0.25) is 0 Å². The van der Waals surface area contributed by atoms with Crippen molar-refractivity contribution >= 4 is 29.8 Å². The van der Waals surface area contributed by atoms with Gasteiger partial charge in [0.15, 0.2) is 0 Å². The Hall–Kier alpha value is -3.63. The summed E-state index contributed by atoms with van der Waals surface area (Å²) in [6.07, 6.45) is 3.58. The van der Waals surface area contributed by atoms with Crippen molar-refractivity contribution in [3.63, 3.8) is 0 Å². The monoisotopic (exact) mass is 530 g/mol. The second-order valence-electron chi connectivity index (χ2n) is 10.1. The molecule has 2 atom stereocenters. The molecule has 0 aliphatic carbocycles. The number of likely N-dealkylation sites (tertiary alicyclic amines) is 2. The summed E-state index contributed by atoms with van der Waals surface area (Å²) in [5.41, 5.74) is 0.947. The smallest absolute Gasteiger partial charge is 0.410 e. The van der Waals surface area contributed by atoms with Gasteiger partial charge in [-0.1, -0.05) is 30.3 Å². The zero-order chi connectivity index (χ0) is 27.5. The predicted octanol–water partition coefficient (Wildman–Crippen LogP) is 1.90. The molecule has 0 aromatic heterocycles. The van der Waals surface area contributed by atoms with E-state index in [1.807, 2.05) is 30.3 Å². The first kappa shape index (κ1) is 28.9. The van der Waals surface area contributed by atoms with Crippen molar-refractivity contribution in [3.05, 3.63) is 35.9 Å². The Morgan fingerprint density at radius 2 is 1.74 bits per heavy atom. The Labute approximate surface area is 222 Å². The molecule has 0 radical (unpaired) electrons. The second-order valence-corrected chi connectivity index (χ2v) is 10.1. The molecule has 2 heterocycles. The molecule has 0 bridgehead atoms. The number of rotatable bonds is 10. The second kappa shape index (κ2) is 14.3. The Bertz CT molecular complexity index is 979. The van der Waals surface area contributed by atoms with Crippen molar-refractivity contribution in [1.29, 1.82) is 0 Å². The van der Waals surface area contributed by atoms with Crippen LogP contribution < -0.4 is 10.6 Å². The quantitative estimate of drug-likeness (QED) is 0.419. The first-order valence-electron chi connectivity index (χ1n) is 13.2. The first-order valence-corrected chi connectivity index (χ1v) is 13.2. The molecule has 3 N–H and O–H groups in total. The molecule has 38 heavy (non-hydrogen) atoms. The standard InChI is InChI=1S/C27H38N4O7/c1-19(32)28-23(26(35)36)16-24(33)29-22-8-5-13-31(17-22)25(34)10-9-20-11-14-30(15-12-20)27(37)38-18-21-6-3-2-4-7-21/h2-4,6-7,20,22-23H,5,8-18H2,1H3,(H,28,32)(H,29,33)(H,35,36)/t22?,23-/m0/s1. The Morgan fingerprint density at radius 3 is 2.39 bits per heavy atom. The molecule has 2 fully saturated rings. The molecule has 4 amide bonds. The molecule has 1 unspecified atom stereocenters. The summed E-state index contributed by atoms with van der Waals surface area (Å²) in [6, 6.07) is 8.02. The zero-order valence-corrected chi connectivity index (χ0v) is 21.9. The summed E-state index contributed by atoms with van der Waals surface area (Å²) < 4.78 is 5.42. The highest BCUT2D eigenvalue weighted by Crippen LogP contribution is 2.23. The fraction of sp³-hybridized carbons (Fsp3) is 0.593. The van der Waals surface area contributed by atoms with Crippen LogP contribution in [0.5, 0.6) is 0 Å². The van der Waals surface area contributed by atoms with Gasteiger partial charge in [0, 0.05) is 45.6 Å². The first-order chi connectivity index (χ1) is 18.2. The van der Waals surface area contributed by atoms with Crippen LogP contribution in [0, 0.1) is 5.92 Å². The molecular weight excluding hydrogens is 492 g/mol. The molecule has 3 rings (SSSR count). The summed E-state index contributed by atoms with van der Waals surface area (Å²) >= 11 is 0. The van der Waals surface area contributed by atoms with Gasteiger partial charge in [0.25, 0.3) is 0 Å². The molecule has 2 saturated heterocycles. The van der Waals surface area contributed by atoms with Gasteiger partial charge in [0.2, 0.25) is 17.7 Å². The molecule has 0 saturated carbocycles. The van der Waals surface area contributed by atoms with E-state index in [1.165, 1.54) is 6.92 Å². The van der Waals surface area contributed by atoms with Crippen LogP contribution in [0.25, 0.3) is 0 Å². The zero-order valence-electron chi connectivity index (χ0n) is 21.9. The lowest BCUT2D eigenvalue weighted by atomic mass is 9.92. The maximum absolute atomic E-state index is 12.9. The van der Waals surface area contributed by atoms with Gasteiger partial charge in [-0.25, -0.2) is 9.59 Å². The number of piperidine rings is 2. The SMILES string of the molecule is CC(=O)N[C@@H](CC(=O)NC1CCCN(C(=O)CCC2CCN(C(=O)OCc3ccccc3)CC2)C1)C(=O)O. The van der Waals surface area contributed by atoms with E-state index >= 15 is 0 Å². The predicted molar refractivity (Wildman–Crippen MR) is 138 cm³/mol. The van der Waals surface area contributed by atoms with E-state index in [0.717, 1.165) is 31.2 Å². The molecule has 11 nitrogen and oxygen atoms in total. The lowest BCUT2D eigenvalue weighted by Crippen LogP contribution is -2.51. The van der Waals surface area contributed by atoms with Crippen LogP contribution in [0.15, 0.2) is 30.3 Å². The van der Waals surface area contributed by atoms with Crippen molar-refractivity contribution in [1.82, 2.24) is 20.4 Å². The lowest BCUT2D eigenvalue weighted by Gasteiger charge is -2.34. The van der Waals surface area contributed by atoms with Crippen molar-refractivity contribution < 1.29 is 33.8 Å². The minimum atomic E-state index is -1.29. The number of carboxylic acids is 1. The van der Waals surface area contributed by atoms with Crippen LogP contribution >= 0.6 is 0 Å². The highest BCUT2D eigenvalue weighted by atomic mass is 16.6. The molecule has 1 aromatic rings. The fourth-order valence-electron chi connectivity index (χ4n) is 4.94. The number of amides is 4. The molecule has 1 aromatic carbocycles. The third kappa shape index (κ3) is 9.35. The normalized spacial score (nSPS) is 18.8. The summed E-state index contributed by atoms with van der Waals surface area (Å²) in [4.78, 5) is 63.5. The molecule has 0 spiro atoms. The van der Waals surface area contributed by atoms with Gasteiger partial charge >= 0.3 is 12.1 Å². The van der Waals surface area contributed by atoms with Gasteiger partial charge < -0.3 is 30.3 Å². The van der Waals surface area contributed by atoms with E-state index in [1.54, 1.807) is 9.80 Å². The van der Waals surface area contributed by atoms with E-state index < -0.39 is 23.8 Å². The van der Waals surface area contributed by atoms with Crippen LogP contribution in [0.1, 0.15) is 57.4 Å². The van der Waals surface area contributed by atoms with Crippen LogP contribution in [0.3, 0.4) is 0 Å². The number of aliphatic carboxylic acids is 1. The molecule has 11 heteroatoms. The van der Waals surface area contributed by atoms with Crippen LogP contribution in [-0.2, 0) is 30.5 Å². The minimum absolute atomic E-state index is 0.0373. The summed E-state index contributed by atoms with van der Waals surface area (Å²) in [6.45, 7) is 3.68. The number of ether oxygens (including phenoxy) is 1. The van der Waals surface area contributed by atoms with Gasteiger partial charge in [-0.2, -0.15) is 0 Å². The van der Waals surface area contributed by atoms with Gasteiger partial charge in [-0.3, -0.25) is 14.4 Å². The molecular formula is C27H38N4O7. The number of hydrogen-bond acceptors (Lipinski definition) is 6. The number of carboxylic acid groups (broad SMARTS) is 1. The number of benzene rings is 1. The largest absolute Gasteiger partial charge is 0.480 e. The maximum atomic E-state index is 12.9. The number of carbonyl (C=O) groups is 5. The number of nitrogens with zero attached hydrogens (tertiary/aromatic N) is 2. The summed E-state index contributed by atoms with van der Waals surface area (Å²) in [5.74, 6) is -1.87. The number of nitrogens with one attached hydrogen (secondary N) is 2. The Balaban J connectivity index is 1.35. The number of hydrogen-bond donors (Lipinski definition) is 3. The van der Waals surface area contributed by atoms with Crippen molar-refractivity contribution in [3.8, 4) is 0 Å². The van der Waals surface area contributed by atoms with E-state index in [9.17, 15) is 29.1 Å². The highest BCUT2D eigenvalue weighted by molar-refractivity contribution is 5.88. The maximum Gasteiger partial charge on any atom is 0.410 e. The van der Waals surface area contributed by atoms with Gasteiger partial charge in [0.05, 0.1) is 6.42 Å². The average molecular weight is 531 g/mol. The van der Waals surface area contributed by atoms with Crippen molar-refractivity contribution in [2.45, 2.75) is 70.6 Å². The van der Waals surface area contributed by atoms with Gasteiger partial charge in [0.1, 0.15) is 12.6 Å². The third-order valence-corrected chi connectivity index (χ3v) is 7.05. The van der Waals surface area contributed by atoms with E-state index in [4.69, 9.17) is 4.74 Å². The lowest BCUT2D eigenvalue weighted by molar-refractivity contribution is -0.143. The molecule has 2 aliphatic heterocycles. The molecule has 2 aliphatic rings. The van der Waals surface area contributed by atoms with Crippen molar-refractivity contribution in [2.24, 2.45) is 5.92 Å². The van der Waals surface area contributed by atoms with Crippen molar-refractivity contribution in [2.75, 3.05) is 26.2 Å². The average Bonchev–Trinajstić information content (AvgIpc) is 2.90. The van der Waals surface area contributed by atoms with Gasteiger partial charge in [-0.05, 0) is 43.6 Å². The summed E-state index contributed by atoms with van der Waals surface area (Å²) in [7, 11) is 0. The van der Waals surface area contributed by atoms with Crippen LogP contribution in [-0.4, -0.2) is 83.0 Å². The van der Waals surface area contributed by atoms with Crippen LogP contribution in [0.4, 0.5) is 4.79 Å². The molecule has 208 valence electrons. The van der Waals surface area contributed by atoms with E-state index in [-0.39, 0.29) is 31.1 Å². The Kier molecular flexibility index (Phi) is 10.9. The van der Waals surface area contributed by atoms with Gasteiger partial charge in [-0.15, -0.1) is 0 Å². The van der Waals surface area contributed by atoms with E-state index in [2.05, 4.69) is 10.6 Å². The fourth-order valence-corrected chi connectivity index (χ4v) is 4.94. The third-order valence-electron chi connectivity index (χ3n) is 7.05. The topological polar surface area (TPSA) is 145 Å². The minimum Gasteiger partial charge on any atom is -0.480 e. The summed E-state index contributed by atoms with van der Waals surface area (Å²) in [5, 5.41) is 14.3. The number of carbonyl (C=O) groups excluding carboxylic acids is 4. The van der Waals surface area contributed by atoms with E-state index in [0.29, 0.717) is 44.9 Å².